The molecule has 1 N–H and O–H groups in total. The monoisotopic (exact) mass is 459 g/mol. The highest BCUT2D eigenvalue weighted by Gasteiger charge is 2.26. The SMILES string of the molecule is CCC(C)NCC(=O)N(Cc1cccn1Cc1ccc(Br)cc1)C1CCCCC1. The summed E-state index contributed by atoms with van der Waals surface area (Å²) in [5.74, 6) is 0.230. The molecule has 1 heterocycles. The van der Waals surface area contributed by atoms with E-state index < -0.39 is 0 Å². The smallest absolute Gasteiger partial charge is 0.237 e. The molecular formula is C24H34BrN3O. The van der Waals surface area contributed by atoms with Gasteiger partial charge in [-0.1, -0.05) is 54.2 Å². The van der Waals surface area contributed by atoms with Gasteiger partial charge in [-0.15, -0.1) is 0 Å². The first-order valence-corrected chi connectivity index (χ1v) is 11.8. The normalized spacial score (nSPS) is 16.0. The predicted octanol–water partition coefficient (Wildman–Crippen LogP) is 5.35. The summed E-state index contributed by atoms with van der Waals surface area (Å²) in [7, 11) is 0. The van der Waals surface area contributed by atoms with Crippen LogP contribution in [0.4, 0.5) is 0 Å². The Morgan fingerprint density at radius 1 is 1.21 bits per heavy atom. The van der Waals surface area contributed by atoms with Crippen LogP contribution in [0.2, 0.25) is 0 Å². The van der Waals surface area contributed by atoms with Gasteiger partial charge in [-0.3, -0.25) is 4.79 Å². The second kappa shape index (κ2) is 11.0. The first-order chi connectivity index (χ1) is 14.1. The van der Waals surface area contributed by atoms with E-state index in [4.69, 9.17) is 0 Å². The van der Waals surface area contributed by atoms with Gasteiger partial charge in [-0.2, -0.15) is 0 Å². The van der Waals surface area contributed by atoms with Gasteiger partial charge in [0, 0.05) is 35.0 Å². The number of carbonyl (C=O) groups is 1. The minimum Gasteiger partial charge on any atom is -0.345 e. The molecule has 5 heteroatoms. The van der Waals surface area contributed by atoms with Crippen molar-refractivity contribution in [2.45, 2.75) is 77.5 Å². The number of nitrogens with zero attached hydrogens (tertiary/aromatic N) is 2. The van der Waals surface area contributed by atoms with E-state index in [1.165, 1.54) is 30.5 Å². The molecule has 1 atom stereocenters. The summed E-state index contributed by atoms with van der Waals surface area (Å²) < 4.78 is 3.37. The molecular weight excluding hydrogens is 426 g/mol. The lowest BCUT2D eigenvalue weighted by Crippen LogP contribution is -2.46. The molecule has 0 bridgehead atoms. The molecule has 1 aromatic carbocycles. The van der Waals surface area contributed by atoms with Crippen molar-refractivity contribution in [3.8, 4) is 0 Å². The van der Waals surface area contributed by atoms with Crippen molar-refractivity contribution in [2.24, 2.45) is 0 Å². The lowest BCUT2D eigenvalue weighted by molar-refractivity contribution is -0.134. The molecule has 1 aromatic heterocycles. The highest BCUT2D eigenvalue weighted by Crippen LogP contribution is 2.25. The second-order valence-electron chi connectivity index (χ2n) is 8.26. The molecule has 158 valence electrons. The molecule has 1 unspecified atom stereocenters. The fourth-order valence-corrected chi connectivity index (χ4v) is 4.29. The highest BCUT2D eigenvalue weighted by molar-refractivity contribution is 9.10. The fourth-order valence-electron chi connectivity index (χ4n) is 4.03. The number of amides is 1. The van der Waals surface area contributed by atoms with Crippen LogP contribution in [0, 0.1) is 0 Å². The van der Waals surface area contributed by atoms with Gasteiger partial charge in [0.25, 0.3) is 0 Å². The predicted molar refractivity (Wildman–Crippen MR) is 123 cm³/mol. The summed E-state index contributed by atoms with van der Waals surface area (Å²) in [5.41, 5.74) is 2.47. The zero-order valence-corrected chi connectivity index (χ0v) is 19.3. The number of hydrogen-bond acceptors (Lipinski definition) is 2. The Hall–Kier alpha value is -1.59. The van der Waals surface area contributed by atoms with Crippen LogP contribution in [0.1, 0.15) is 63.6 Å². The largest absolute Gasteiger partial charge is 0.345 e. The Labute approximate surface area is 183 Å². The van der Waals surface area contributed by atoms with Crippen LogP contribution in [0.25, 0.3) is 0 Å². The van der Waals surface area contributed by atoms with E-state index in [2.05, 4.69) is 87.2 Å². The van der Waals surface area contributed by atoms with Crippen LogP contribution >= 0.6 is 15.9 Å². The Morgan fingerprint density at radius 3 is 2.62 bits per heavy atom. The summed E-state index contributed by atoms with van der Waals surface area (Å²) in [6, 6.07) is 13.4. The molecule has 1 fully saturated rings. The van der Waals surface area contributed by atoms with Crippen molar-refractivity contribution in [2.75, 3.05) is 6.54 Å². The molecule has 2 aromatic rings. The number of hydrogen-bond donors (Lipinski definition) is 1. The van der Waals surface area contributed by atoms with Crippen molar-refractivity contribution < 1.29 is 4.79 Å². The van der Waals surface area contributed by atoms with E-state index in [1.807, 2.05) is 0 Å². The third-order valence-corrected chi connectivity index (χ3v) is 6.60. The Balaban J connectivity index is 1.72. The second-order valence-corrected chi connectivity index (χ2v) is 9.17. The molecule has 0 spiro atoms. The van der Waals surface area contributed by atoms with Gasteiger partial charge in [-0.05, 0) is 56.0 Å². The zero-order valence-electron chi connectivity index (χ0n) is 17.7. The third kappa shape index (κ3) is 6.45. The van der Waals surface area contributed by atoms with Gasteiger partial charge in [0.1, 0.15) is 0 Å². The molecule has 4 nitrogen and oxygen atoms in total. The molecule has 1 aliphatic carbocycles. The number of carbonyl (C=O) groups excluding carboxylic acids is 1. The van der Waals surface area contributed by atoms with Gasteiger partial charge in [0.05, 0.1) is 13.1 Å². The number of benzene rings is 1. The molecule has 0 aliphatic heterocycles. The van der Waals surface area contributed by atoms with Crippen LogP contribution in [0.15, 0.2) is 47.1 Å². The van der Waals surface area contributed by atoms with Gasteiger partial charge >= 0.3 is 0 Å². The van der Waals surface area contributed by atoms with E-state index in [0.29, 0.717) is 25.2 Å². The number of halogens is 1. The Kier molecular flexibility index (Phi) is 8.37. The van der Waals surface area contributed by atoms with Crippen LogP contribution < -0.4 is 5.32 Å². The first-order valence-electron chi connectivity index (χ1n) is 11.0. The van der Waals surface area contributed by atoms with Gasteiger partial charge < -0.3 is 14.8 Å². The summed E-state index contributed by atoms with van der Waals surface area (Å²) >= 11 is 3.50. The quantitative estimate of drug-likeness (QED) is 0.548. The van der Waals surface area contributed by atoms with E-state index in [1.54, 1.807) is 0 Å². The Morgan fingerprint density at radius 2 is 1.93 bits per heavy atom. The Bertz CT molecular complexity index is 765. The van der Waals surface area contributed by atoms with Crippen molar-refractivity contribution >= 4 is 21.8 Å². The average Bonchev–Trinajstić information content (AvgIpc) is 3.18. The molecule has 1 saturated carbocycles. The molecule has 1 aliphatic rings. The topological polar surface area (TPSA) is 37.3 Å². The molecule has 0 radical (unpaired) electrons. The summed E-state index contributed by atoms with van der Waals surface area (Å²) in [6.07, 6.45) is 9.17. The van der Waals surface area contributed by atoms with Crippen molar-refractivity contribution in [3.05, 3.63) is 58.3 Å². The molecule has 3 rings (SSSR count). The van der Waals surface area contributed by atoms with Gasteiger partial charge in [-0.25, -0.2) is 0 Å². The minimum absolute atomic E-state index is 0.230. The van der Waals surface area contributed by atoms with E-state index >= 15 is 0 Å². The third-order valence-electron chi connectivity index (χ3n) is 6.07. The van der Waals surface area contributed by atoms with Crippen LogP contribution in [0.5, 0.6) is 0 Å². The lowest BCUT2D eigenvalue weighted by Gasteiger charge is -2.35. The van der Waals surface area contributed by atoms with Crippen molar-refractivity contribution in [1.29, 1.82) is 0 Å². The first kappa shape index (κ1) is 22.1. The maximum atomic E-state index is 13.1. The molecule has 29 heavy (non-hydrogen) atoms. The summed E-state index contributed by atoms with van der Waals surface area (Å²) in [6.45, 7) is 6.24. The van der Waals surface area contributed by atoms with Crippen molar-refractivity contribution in [3.63, 3.8) is 0 Å². The summed E-state index contributed by atoms with van der Waals surface area (Å²) in [4.78, 5) is 15.3. The minimum atomic E-state index is 0.230. The number of aromatic nitrogens is 1. The van der Waals surface area contributed by atoms with Crippen molar-refractivity contribution in [1.82, 2.24) is 14.8 Å². The maximum Gasteiger partial charge on any atom is 0.237 e. The van der Waals surface area contributed by atoms with E-state index in [0.717, 1.165) is 30.3 Å². The highest BCUT2D eigenvalue weighted by atomic mass is 79.9. The van der Waals surface area contributed by atoms with Crippen LogP contribution in [-0.4, -0.2) is 34.0 Å². The standard InChI is InChI=1S/C24H34BrN3O/c1-3-19(2)26-16-24(29)28(22-8-5-4-6-9-22)18-23-10-7-15-27(23)17-20-11-13-21(25)14-12-20/h7,10-15,19,22,26H,3-6,8-9,16-18H2,1-2H3. The average molecular weight is 460 g/mol. The number of rotatable bonds is 9. The number of nitrogens with one attached hydrogen (secondary N) is 1. The van der Waals surface area contributed by atoms with E-state index in [-0.39, 0.29) is 5.91 Å². The lowest BCUT2D eigenvalue weighted by atomic mass is 9.94. The fraction of sp³-hybridized carbons (Fsp3) is 0.542. The maximum absolute atomic E-state index is 13.1. The van der Waals surface area contributed by atoms with Gasteiger partial charge in [0.2, 0.25) is 5.91 Å². The van der Waals surface area contributed by atoms with Gasteiger partial charge in [0.15, 0.2) is 0 Å². The van der Waals surface area contributed by atoms with E-state index in [9.17, 15) is 4.79 Å². The van der Waals surface area contributed by atoms with Crippen LogP contribution in [-0.2, 0) is 17.9 Å². The zero-order chi connectivity index (χ0) is 20.6. The molecule has 0 saturated heterocycles. The van der Waals surface area contributed by atoms with Crippen LogP contribution in [0.3, 0.4) is 0 Å². The molecule has 1 amide bonds. The summed E-state index contributed by atoms with van der Waals surface area (Å²) in [5, 5.41) is 3.39.